The van der Waals surface area contributed by atoms with Crippen LogP contribution in [-0.2, 0) is 17.2 Å². The van der Waals surface area contributed by atoms with Gasteiger partial charge in [-0.15, -0.1) is 0 Å². The number of anilines is 2. The molecule has 2 aromatic heterocycles. The van der Waals surface area contributed by atoms with Gasteiger partial charge >= 0.3 is 6.09 Å². The largest absolute Gasteiger partial charge is 0.442 e. The van der Waals surface area contributed by atoms with E-state index in [1.165, 1.54) is 12.3 Å². The highest BCUT2D eigenvalue weighted by Crippen LogP contribution is 2.28. The molecule has 3 aromatic rings. The average molecular weight is 428 g/mol. The summed E-state index contributed by atoms with van der Waals surface area (Å²) in [7, 11) is 0. The number of alkyl halides is 2. The molecule has 31 heavy (non-hydrogen) atoms. The summed E-state index contributed by atoms with van der Waals surface area (Å²) in [5, 5.41) is 10.1. The molecule has 0 spiro atoms. The van der Waals surface area contributed by atoms with Gasteiger partial charge in [0.15, 0.2) is 0 Å². The second kappa shape index (κ2) is 7.93. The van der Waals surface area contributed by atoms with Gasteiger partial charge in [-0.1, -0.05) is 6.07 Å². The summed E-state index contributed by atoms with van der Waals surface area (Å²) in [6.45, 7) is 5.04. The molecule has 0 bridgehead atoms. The maximum atomic E-state index is 13.6. The van der Waals surface area contributed by atoms with Gasteiger partial charge in [-0.05, 0) is 43.2 Å². The Labute approximate surface area is 177 Å². The zero-order chi connectivity index (χ0) is 22.2. The van der Waals surface area contributed by atoms with Gasteiger partial charge in [-0.3, -0.25) is 4.68 Å². The number of cyclic esters (lactones) is 1. The van der Waals surface area contributed by atoms with E-state index in [1.807, 2.05) is 38.2 Å². The first-order valence-corrected chi connectivity index (χ1v) is 9.77. The van der Waals surface area contributed by atoms with Crippen molar-refractivity contribution >= 4 is 17.7 Å². The number of benzene rings is 1. The van der Waals surface area contributed by atoms with Crippen LogP contribution in [-0.4, -0.2) is 38.0 Å². The molecule has 1 fully saturated rings. The second-order valence-electron chi connectivity index (χ2n) is 7.69. The van der Waals surface area contributed by atoms with E-state index in [-0.39, 0.29) is 23.8 Å². The number of hydrogen-bond acceptors (Lipinski definition) is 6. The summed E-state index contributed by atoms with van der Waals surface area (Å²) >= 11 is 0. The third kappa shape index (κ3) is 4.79. The molecule has 0 saturated carbocycles. The van der Waals surface area contributed by atoms with Crippen LogP contribution in [0.15, 0.2) is 42.9 Å². The quantitative estimate of drug-likeness (QED) is 0.616. The van der Waals surface area contributed by atoms with E-state index < -0.39 is 12.0 Å². The van der Waals surface area contributed by atoms with Crippen LogP contribution in [0.1, 0.15) is 25.1 Å². The normalized spacial score (nSPS) is 18.5. The number of aryl methyl sites for hydroxylation is 1. The predicted octanol–water partition coefficient (Wildman–Crippen LogP) is 4.00. The minimum atomic E-state index is -3.05. The van der Waals surface area contributed by atoms with Gasteiger partial charge in [0, 0.05) is 30.6 Å². The maximum Gasteiger partial charge on any atom is 0.407 e. The molecule has 2 atom stereocenters. The number of ether oxygens (including phenoxy) is 1. The lowest BCUT2D eigenvalue weighted by atomic mass is 10.1. The average Bonchev–Trinajstić information content (AvgIpc) is 3.27. The van der Waals surface area contributed by atoms with Crippen molar-refractivity contribution in [2.75, 3.05) is 5.32 Å². The first-order valence-electron chi connectivity index (χ1n) is 9.77. The lowest BCUT2D eigenvalue weighted by molar-refractivity contribution is 0.0127. The summed E-state index contributed by atoms with van der Waals surface area (Å²) in [6, 6.07) is 6.83. The van der Waals surface area contributed by atoms with Crippen molar-refractivity contribution in [3.8, 4) is 11.1 Å². The minimum absolute atomic E-state index is 0.0933. The highest BCUT2D eigenvalue weighted by molar-refractivity contribution is 5.71. The topological polar surface area (TPSA) is 94.0 Å². The molecule has 3 heterocycles. The number of hydrogen-bond donors (Lipinski definition) is 2. The number of nitrogens with one attached hydrogen (secondary N) is 2. The smallest absolute Gasteiger partial charge is 0.407 e. The number of carbonyl (C=O) groups is 1. The molecule has 1 aliphatic heterocycles. The van der Waals surface area contributed by atoms with Crippen molar-refractivity contribution in [2.24, 2.45) is 0 Å². The summed E-state index contributed by atoms with van der Waals surface area (Å²) < 4.78 is 34.1. The molecule has 1 amide bonds. The Bertz CT molecular complexity index is 1110. The molecule has 1 aliphatic rings. The van der Waals surface area contributed by atoms with Gasteiger partial charge in [0.1, 0.15) is 11.8 Å². The Morgan fingerprint density at radius 2 is 2.10 bits per heavy atom. The summed E-state index contributed by atoms with van der Waals surface area (Å²) in [5.74, 6) is -2.96. The number of halogens is 2. The van der Waals surface area contributed by atoms with Crippen LogP contribution < -0.4 is 10.6 Å². The van der Waals surface area contributed by atoms with Crippen molar-refractivity contribution in [3.05, 3.63) is 54.1 Å². The molecule has 1 aromatic carbocycles. The van der Waals surface area contributed by atoms with Gasteiger partial charge in [0.25, 0.3) is 5.92 Å². The van der Waals surface area contributed by atoms with Crippen molar-refractivity contribution in [1.29, 1.82) is 0 Å². The van der Waals surface area contributed by atoms with Gasteiger partial charge in [0.2, 0.25) is 5.95 Å². The molecule has 8 nitrogen and oxygen atoms in total. The number of amides is 1. The standard InChI is InChI=1S/C21H22F2N6O2/c1-12-6-14(15-9-25-29(10-15)11-17-13(2)26-20(30)31-17)8-16(7-12)27-19-24-5-4-18(28-19)21(3,22)23/h4-10,13,17H,11H2,1-3H3,(H,26,30)(H,24,27,28). The van der Waals surface area contributed by atoms with Crippen LogP contribution in [0.4, 0.5) is 25.2 Å². The fourth-order valence-electron chi connectivity index (χ4n) is 3.36. The molecule has 4 rings (SSSR count). The molecule has 2 unspecified atom stereocenters. The van der Waals surface area contributed by atoms with Crippen LogP contribution in [0.3, 0.4) is 0 Å². The fraction of sp³-hybridized carbons (Fsp3) is 0.333. The predicted molar refractivity (Wildman–Crippen MR) is 110 cm³/mol. The third-order valence-corrected chi connectivity index (χ3v) is 4.93. The molecule has 10 heteroatoms. The second-order valence-corrected chi connectivity index (χ2v) is 7.69. The first kappa shape index (κ1) is 20.7. The number of nitrogens with zero attached hydrogens (tertiary/aromatic N) is 4. The number of alkyl carbamates (subject to hydrolysis) is 1. The first-order chi connectivity index (χ1) is 14.7. The van der Waals surface area contributed by atoms with Crippen molar-refractivity contribution in [2.45, 2.75) is 45.4 Å². The third-order valence-electron chi connectivity index (χ3n) is 4.93. The summed E-state index contributed by atoms with van der Waals surface area (Å²) in [5.41, 5.74) is 3.04. The van der Waals surface area contributed by atoms with E-state index in [1.54, 1.807) is 10.9 Å². The highest BCUT2D eigenvalue weighted by atomic mass is 19.3. The molecule has 162 valence electrons. The SMILES string of the molecule is Cc1cc(Nc2nccc(C(C)(F)F)n2)cc(-c2cnn(CC3OC(=O)NC3C)c2)c1. The number of aromatic nitrogens is 4. The molecular weight excluding hydrogens is 406 g/mol. The Hall–Kier alpha value is -3.56. The van der Waals surface area contributed by atoms with E-state index in [0.717, 1.165) is 23.6 Å². The monoisotopic (exact) mass is 428 g/mol. The van der Waals surface area contributed by atoms with Gasteiger partial charge in [0.05, 0.1) is 18.8 Å². The molecule has 1 saturated heterocycles. The zero-order valence-corrected chi connectivity index (χ0v) is 17.3. The highest BCUT2D eigenvalue weighted by Gasteiger charge is 2.31. The van der Waals surface area contributed by atoms with Crippen LogP contribution in [0.25, 0.3) is 11.1 Å². The van der Waals surface area contributed by atoms with Crippen LogP contribution in [0, 0.1) is 6.92 Å². The lowest BCUT2D eigenvalue weighted by Gasteiger charge is -2.12. The van der Waals surface area contributed by atoms with Crippen molar-refractivity contribution in [1.82, 2.24) is 25.1 Å². The van der Waals surface area contributed by atoms with E-state index in [9.17, 15) is 13.6 Å². The molecule has 0 aliphatic carbocycles. The Kier molecular flexibility index (Phi) is 5.30. The van der Waals surface area contributed by atoms with Crippen LogP contribution in [0.5, 0.6) is 0 Å². The molecular formula is C21H22F2N6O2. The summed E-state index contributed by atoms with van der Waals surface area (Å²) in [4.78, 5) is 19.3. The van der Waals surface area contributed by atoms with Crippen LogP contribution in [0.2, 0.25) is 0 Å². The van der Waals surface area contributed by atoms with E-state index in [4.69, 9.17) is 4.74 Å². The minimum Gasteiger partial charge on any atom is -0.442 e. The van der Waals surface area contributed by atoms with Crippen LogP contribution >= 0.6 is 0 Å². The van der Waals surface area contributed by atoms with E-state index in [2.05, 4.69) is 25.7 Å². The van der Waals surface area contributed by atoms with Gasteiger partial charge in [-0.2, -0.15) is 13.9 Å². The Balaban J connectivity index is 1.54. The summed E-state index contributed by atoms with van der Waals surface area (Å²) in [6.07, 6.45) is 4.17. The fourth-order valence-corrected chi connectivity index (χ4v) is 3.36. The Morgan fingerprint density at radius 3 is 2.81 bits per heavy atom. The van der Waals surface area contributed by atoms with Gasteiger partial charge in [-0.25, -0.2) is 14.8 Å². The van der Waals surface area contributed by atoms with Crippen molar-refractivity contribution < 1.29 is 18.3 Å². The van der Waals surface area contributed by atoms with E-state index in [0.29, 0.717) is 12.2 Å². The Morgan fingerprint density at radius 1 is 1.29 bits per heavy atom. The maximum absolute atomic E-state index is 13.6. The molecule has 0 radical (unpaired) electrons. The number of rotatable bonds is 6. The number of carbonyl (C=O) groups excluding carboxylic acids is 1. The zero-order valence-electron chi connectivity index (χ0n) is 17.3. The lowest BCUT2D eigenvalue weighted by Crippen LogP contribution is -2.31. The van der Waals surface area contributed by atoms with Crippen molar-refractivity contribution in [3.63, 3.8) is 0 Å². The molecule has 2 N–H and O–H groups in total. The van der Waals surface area contributed by atoms with E-state index >= 15 is 0 Å². The van der Waals surface area contributed by atoms with Gasteiger partial charge < -0.3 is 15.4 Å².